The van der Waals surface area contributed by atoms with Gasteiger partial charge in [0.1, 0.15) is 19.0 Å². The molecule has 0 saturated heterocycles. The van der Waals surface area contributed by atoms with Crippen LogP contribution >= 0.6 is 0 Å². The highest BCUT2D eigenvalue weighted by Crippen LogP contribution is 2.11. The number of nitrogens with one attached hydrogen (secondary N) is 1. The molecule has 0 aliphatic carbocycles. The van der Waals surface area contributed by atoms with Gasteiger partial charge in [-0.05, 0) is 37.1 Å². The van der Waals surface area contributed by atoms with E-state index in [4.69, 9.17) is 4.74 Å². The van der Waals surface area contributed by atoms with Crippen LogP contribution in [0.3, 0.4) is 0 Å². The molecule has 2 rings (SSSR count). The van der Waals surface area contributed by atoms with Gasteiger partial charge in [0, 0.05) is 0 Å². The lowest BCUT2D eigenvalue weighted by molar-refractivity contribution is -0.143. The Balaban J connectivity index is 1.85. The number of benzene rings is 2. The first kappa shape index (κ1) is 16.7. The monoisotopic (exact) mass is 315 g/mol. The number of esters is 1. The normalized spacial score (nSPS) is 10.2. The van der Waals surface area contributed by atoms with Gasteiger partial charge in [0.25, 0.3) is 5.91 Å². The van der Waals surface area contributed by atoms with Crippen molar-refractivity contribution in [1.29, 1.82) is 0 Å². The zero-order valence-electron chi connectivity index (χ0n) is 13.1. The standard InChI is InChI=1S/C18H18FNO3/c1-12-7-8-13(2)14(9-12)11-23-17(21)10-20-18(22)15-5-3-4-6-16(15)19/h3-9H,10-11H2,1-2H3,(H,20,22). The Morgan fingerprint density at radius 2 is 1.87 bits per heavy atom. The molecule has 5 heteroatoms. The van der Waals surface area contributed by atoms with Gasteiger partial charge in [0.05, 0.1) is 5.56 Å². The lowest BCUT2D eigenvalue weighted by Gasteiger charge is -2.09. The van der Waals surface area contributed by atoms with Crippen molar-refractivity contribution in [3.8, 4) is 0 Å². The van der Waals surface area contributed by atoms with Crippen molar-refractivity contribution >= 4 is 11.9 Å². The van der Waals surface area contributed by atoms with Crippen LogP contribution in [-0.2, 0) is 16.1 Å². The molecule has 1 N–H and O–H groups in total. The van der Waals surface area contributed by atoms with E-state index < -0.39 is 17.7 Å². The molecule has 0 atom stereocenters. The number of ether oxygens (including phenoxy) is 1. The molecule has 0 aromatic heterocycles. The first-order valence-corrected chi connectivity index (χ1v) is 7.22. The Labute approximate surface area is 134 Å². The third-order valence-corrected chi connectivity index (χ3v) is 3.41. The van der Waals surface area contributed by atoms with Crippen LogP contribution < -0.4 is 5.32 Å². The summed E-state index contributed by atoms with van der Waals surface area (Å²) in [6.07, 6.45) is 0. The minimum atomic E-state index is -0.646. The second-order valence-electron chi connectivity index (χ2n) is 5.25. The molecule has 0 spiro atoms. The zero-order chi connectivity index (χ0) is 16.8. The predicted molar refractivity (Wildman–Crippen MR) is 84.4 cm³/mol. The first-order chi connectivity index (χ1) is 11.0. The van der Waals surface area contributed by atoms with Crippen LogP contribution in [0.5, 0.6) is 0 Å². The smallest absolute Gasteiger partial charge is 0.325 e. The summed E-state index contributed by atoms with van der Waals surface area (Å²) in [6.45, 7) is 3.72. The van der Waals surface area contributed by atoms with E-state index in [2.05, 4.69) is 5.32 Å². The van der Waals surface area contributed by atoms with Crippen LogP contribution in [0, 0.1) is 19.7 Å². The molecule has 0 unspecified atom stereocenters. The van der Waals surface area contributed by atoms with Crippen LogP contribution in [0.15, 0.2) is 42.5 Å². The number of halogens is 1. The summed E-state index contributed by atoms with van der Waals surface area (Å²) >= 11 is 0. The van der Waals surface area contributed by atoms with Gasteiger partial charge in [-0.3, -0.25) is 9.59 Å². The third kappa shape index (κ3) is 4.64. The number of hydrogen-bond acceptors (Lipinski definition) is 3. The van der Waals surface area contributed by atoms with Gasteiger partial charge in [-0.15, -0.1) is 0 Å². The molecular formula is C18H18FNO3. The van der Waals surface area contributed by atoms with Crippen LogP contribution in [0.4, 0.5) is 4.39 Å². The Kier molecular flexibility index (Phi) is 5.46. The zero-order valence-corrected chi connectivity index (χ0v) is 13.1. The number of amides is 1. The van der Waals surface area contributed by atoms with Gasteiger partial charge in [-0.2, -0.15) is 0 Å². The minimum Gasteiger partial charge on any atom is -0.459 e. The molecule has 2 aromatic rings. The largest absolute Gasteiger partial charge is 0.459 e. The van der Waals surface area contributed by atoms with Gasteiger partial charge < -0.3 is 10.1 Å². The number of carbonyl (C=O) groups excluding carboxylic acids is 2. The average molecular weight is 315 g/mol. The van der Waals surface area contributed by atoms with Crippen molar-refractivity contribution in [3.05, 3.63) is 70.5 Å². The summed E-state index contributed by atoms with van der Waals surface area (Å²) in [5.41, 5.74) is 2.92. The fourth-order valence-electron chi connectivity index (χ4n) is 2.06. The van der Waals surface area contributed by atoms with Gasteiger partial charge >= 0.3 is 5.97 Å². The van der Waals surface area contributed by atoms with Crippen LogP contribution in [0.25, 0.3) is 0 Å². The molecule has 0 aliphatic heterocycles. The summed E-state index contributed by atoms with van der Waals surface area (Å²) in [6, 6.07) is 11.5. The fraction of sp³-hybridized carbons (Fsp3) is 0.222. The summed E-state index contributed by atoms with van der Waals surface area (Å²) in [4.78, 5) is 23.5. The molecule has 0 bridgehead atoms. The number of aryl methyl sites for hydroxylation is 2. The van der Waals surface area contributed by atoms with Crippen molar-refractivity contribution in [2.75, 3.05) is 6.54 Å². The highest BCUT2D eigenvalue weighted by molar-refractivity contribution is 5.96. The summed E-state index contributed by atoms with van der Waals surface area (Å²) in [5.74, 6) is -1.85. The Hall–Kier alpha value is -2.69. The topological polar surface area (TPSA) is 55.4 Å². The average Bonchev–Trinajstić information content (AvgIpc) is 2.54. The highest BCUT2D eigenvalue weighted by Gasteiger charge is 2.12. The van der Waals surface area contributed by atoms with Crippen LogP contribution in [-0.4, -0.2) is 18.4 Å². The van der Waals surface area contributed by atoms with E-state index >= 15 is 0 Å². The molecule has 0 saturated carbocycles. The molecule has 2 aromatic carbocycles. The van der Waals surface area contributed by atoms with Gasteiger partial charge in [-0.25, -0.2) is 4.39 Å². The van der Waals surface area contributed by atoms with Crippen molar-refractivity contribution in [3.63, 3.8) is 0 Å². The fourth-order valence-corrected chi connectivity index (χ4v) is 2.06. The minimum absolute atomic E-state index is 0.102. The van der Waals surface area contributed by atoms with Gasteiger partial charge in [0.2, 0.25) is 0 Å². The van der Waals surface area contributed by atoms with Crippen LogP contribution in [0.2, 0.25) is 0 Å². The van der Waals surface area contributed by atoms with Crippen LogP contribution in [0.1, 0.15) is 27.0 Å². The van der Waals surface area contributed by atoms with E-state index in [0.717, 1.165) is 16.7 Å². The molecule has 120 valence electrons. The van der Waals surface area contributed by atoms with E-state index in [9.17, 15) is 14.0 Å². The Morgan fingerprint density at radius 1 is 1.13 bits per heavy atom. The number of rotatable bonds is 5. The molecular weight excluding hydrogens is 297 g/mol. The van der Waals surface area contributed by atoms with Gasteiger partial charge in [0.15, 0.2) is 0 Å². The molecule has 4 nitrogen and oxygen atoms in total. The summed E-state index contributed by atoms with van der Waals surface area (Å²) in [7, 11) is 0. The van der Waals surface area contributed by atoms with Crippen molar-refractivity contribution in [1.82, 2.24) is 5.32 Å². The maximum Gasteiger partial charge on any atom is 0.325 e. The lowest BCUT2D eigenvalue weighted by atomic mass is 10.1. The van der Waals surface area contributed by atoms with E-state index in [1.165, 1.54) is 18.2 Å². The van der Waals surface area contributed by atoms with E-state index in [1.54, 1.807) is 6.07 Å². The lowest BCUT2D eigenvalue weighted by Crippen LogP contribution is -2.31. The second kappa shape index (κ2) is 7.54. The molecule has 0 aliphatic rings. The summed E-state index contributed by atoms with van der Waals surface area (Å²) in [5, 5.41) is 2.35. The molecule has 0 fully saturated rings. The van der Waals surface area contributed by atoms with Crippen molar-refractivity contribution in [2.24, 2.45) is 0 Å². The van der Waals surface area contributed by atoms with E-state index in [-0.39, 0.29) is 18.7 Å². The molecule has 0 radical (unpaired) electrons. The molecule has 1 amide bonds. The molecule has 0 heterocycles. The number of carbonyl (C=O) groups is 2. The highest BCUT2D eigenvalue weighted by atomic mass is 19.1. The van der Waals surface area contributed by atoms with Crippen molar-refractivity contribution in [2.45, 2.75) is 20.5 Å². The van der Waals surface area contributed by atoms with Gasteiger partial charge in [-0.1, -0.05) is 35.9 Å². The maximum absolute atomic E-state index is 13.4. The number of hydrogen-bond donors (Lipinski definition) is 1. The predicted octanol–water partition coefficient (Wildman–Crippen LogP) is 2.92. The molecule has 23 heavy (non-hydrogen) atoms. The second-order valence-corrected chi connectivity index (χ2v) is 5.25. The Bertz CT molecular complexity index is 728. The SMILES string of the molecule is Cc1ccc(C)c(COC(=O)CNC(=O)c2ccccc2F)c1. The quantitative estimate of drug-likeness (QED) is 0.863. The summed E-state index contributed by atoms with van der Waals surface area (Å²) < 4.78 is 18.6. The third-order valence-electron chi connectivity index (χ3n) is 3.41. The maximum atomic E-state index is 13.4. The van der Waals surface area contributed by atoms with Crippen molar-refractivity contribution < 1.29 is 18.7 Å². The first-order valence-electron chi connectivity index (χ1n) is 7.22. The van der Waals surface area contributed by atoms with E-state index in [0.29, 0.717) is 0 Å². The van der Waals surface area contributed by atoms with E-state index in [1.807, 2.05) is 32.0 Å². The Morgan fingerprint density at radius 3 is 2.61 bits per heavy atom.